The topological polar surface area (TPSA) is 71.7 Å². The van der Waals surface area contributed by atoms with E-state index in [0.29, 0.717) is 24.5 Å². The molecule has 0 aliphatic carbocycles. The van der Waals surface area contributed by atoms with Crippen molar-refractivity contribution in [1.29, 1.82) is 0 Å². The fourth-order valence-electron chi connectivity index (χ4n) is 0.915. The summed E-state index contributed by atoms with van der Waals surface area (Å²) in [5, 5.41) is 3.22. The molecular weight excluding hydrogens is 192 g/mol. The van der Waals surface area contributed by atoms with Gasteiger partial charge in [0, 0.05) is 26.3 Å². The molecule has 0 radical (unpaired) electrons. The summed E-state index contributed by atoms with van der Waals surface area (Å²) in [6.07, 6.45) is 0.902. The van der Waals surface area contributed by atoms with E-state index in [1.54, 1.807) is 7.11 Å². The standard InChI is InChI=1S/C10H24N4O/c1-8(2)9(3)13-10(14-11)12-6-5-7-15-4/h8-9H,5-7,11H2,1-4H3,(H2,12,13,14). The summed E-state index contributed by atoms with van der Waals surface area (Å²) >= 11 is 0. The zero-order valence-corrected chi connectivity index (χ0v) is 10.2. The van der Waals surface area contributed by atoms with Crippen LogP contribution < -0.4 is 16.6 Å². The van der Waals surface area contributed by atoms with Crippen LogP contribution in [0, 0.1) is 5.92 Å². The molecule has 90 valence electrons. The van der Waals surface area contributed by atoms with Gasteiger partial charge in [0.15, 0.2) is 0 Å². The lowest BCUT2D eigenvalue weighted by Gasteiger charge is -2.19. The van der Waals surface area contributed by atoms with Crippen LogP contribution in [0.4, 0.5) is 0 Å². The van der Waals surface area contributed by atoms with Crippen LogP contribution in [0.1, 0.15) is 27.2 Å². The van der Waals surface area contributed by atoms with Gasteiger partial charge in [-0.15, -0.1) is 0 Å². The SMILES string of the molecule is COCCCN=C(NN)NC(C)C(C)C. The Morgan fingerprint density at radius 2 is 2.07 bits per heavy atom. The van der Waals surface area contributed by atoms with E-state index in [9.17, 15) is 0 Å². The van der Waals surface area contributed by atoms with Crippen LogP contribution in [-0.2, 0) is 4.74 Å². The minimum Gasteiger partial charge on any atom is -0.385 e. The summed E-state index contributed by atoms with van der Waals surface area (Å²) in [5.41, 5.74) is 2.56. The normalized spacial score (nSPS) is 14.1. The van der Waals surface area contributed by atoms with E-state index in [1.807, 2.05) is 0 Å². The van der Waals surface area contributed by atoms with Crippen molar-refractivity contribution in [3.8, 4) is 0 Å². The summed E-state index contributed by atoms with van der Waals surface area (Å²) in [4.78, 5) is 4.29. The van der Waals surface area contributed by atoms with Gasteiger partial charge in [0.2, 0.25) is 5.96 Å². The van der Waals surface area contributed by atoms with E-state index >= 15 is 0 Å². The number of rotatable bonds is 6. The Morgan fingerprint density at radius 1 is 1.40 bits per heavy atom. The lowest BCUT2D eigenvalue weighted by molar-refractivity contribution is 0.197. The number of nitrogens with one attached hydrogen (secondary N) is 2. The third kappa shape index (κ3) is 7.16. The number of hydrogen-bond donors (Lipinski definition) is 3. The van der Waals surface area contributed by atoms with E-state index in [1.165, 1.54) is 0 Å². The van der Waals surface area contributed by atoms with Crippen LogP contribution in [0.15, 0.2) is 4.99 Å². The molecule has 0 aromatic rings. The number of hydrazine groups is 1. The van der Waals surface area contributed by atoms with Crippen LogP contribution in [0.2, 0.25) is 0 Å². The van der Waals surface area contributed by atoms with Crippen molar-refractivity contribution < 1.29 is 4.74 Å². The molecule has 0 aliphatic heterocycles. The van der Waals surface area contributed by atoms with Gasteiger partial charge in [-0.25, -0.2) is 5.84 Å². The number of aliphatic imine (C=N–C) groups is 1. The first-order valence-corrected chi connectivity index (χ1v) is 5.38. The zero-order valence-electron chi connectivity index (χ0n) is 10.2. The summed E-state index contributed by atoms with van der Waals surface area (Å²) in [6, 6.07) is 0.349. The van der Waals surface area contributed by atoms with Crippen LogP contribution in [-0.4, -0.2) is 32.3 Å². The molecule has 1 unspecified atom stereocenters. The largest absolute Gasteiger partial charge is 0.385 e. The van der Waals surface area contributed by atoms with Crippen molar-refractivity contribution in [3.05, 3.63) is 0 Å². The summed E-state index contributed by atoms with van der Waals surface area (Å²) in [7, 11) is 1.69. The van der Waals surface area contributed by atoms with E-state index < -0.39 is 0 Å². The molecule has 15 heavy (non-hydrogen) atoms. The second kappa shape index (κ2) is 8.49. The first-order chi connectivity index (χ1) is 7.11. The summed E-state index contributed by atoms with van der Waals surface area (Å²) in [6.45, 7) is 7.84. The highest BCUT2D eigenvalue weighted by Crippen LogP contribution is 1.98. The van der Waals surface area contributed by atoms with Crippen molar-refractivity contribution in [1.82, 2.24) is 10.7 Å². The number of nitrogens with two attached hydrogens (primary N) is 1. The first-order valence-electron chi connectivity index (χ1n) is 5.38. The van der Waals surface area contributed by atoms with Crippen LogP contribution >= 0.6 is 0 Å². The average molecular weight is 216 g/mol. The Hall–Kier alpha value is -0.810. The molecule has 0 bridgehead atoms. The molecule has 0 aromatic heterocycles. The first kappa shape index (κ1) is 14.2. The van der Waals surface area contributed by atoms with E-state index in [-0.39, 0.29) is 0 Å². The van der Waals surface area contributed by atoms with Crippen LogP contribution in [0.5, 0.6) is 0 Å². The molecule has 5 heteroatoms. The third-order valence-electron chi connectivity index (χ3n) is 2.28. The molecule has 0 heterocycles. The smallest absolute Gasteiger partial charge is 0.205 e. The molecule has 0 aromatic carbocycles. The Labute approximate surface area is 92.4 Å². The van der Waals surface area contributed by atoms with E-state index in [2.05, 4.69) is 36.5 Å². The van der Waals surface area contributed by atoms with Gasteiger partial charge in [-0.05, 0) is 19.3 Å². The molecule has 0 fully saturated rings. The Morgan fingerprint density at radius 3 is 2.53 bits per heavy atom. The Balaban J connectivity index is 3.89. The van der Waals surface area contributed by atoms with Crippen molar-refractivity contribution in [2.75, 3.05) is 20.3 Å². The Kier molecular flexibility index (Phi) is 8.04. The quantitative estimate of drug-likeness (QED) is 0.198. The average Bonchev–Trinajstić information content (AvgIpc) is 2.22. The molecule has 0 aliphatic rings. The lowest BCUT2D eigenvalue weighted by Crippen LogP contribution is -2.47. The van der Waals surface area contributed by atoms with Gasteiger partial charge in [-0.1, -0.05) is 13.8 Å². The molecule has 5 nitrogen and oxygen atoms in total. The highest BCUT2D eigenvalue weighted by molar-refractivity contribution is 5.79. The van der Waals surface area contributed by atoms with Crippen molar-refractivity contribution in [2.24, 2.45) is 16.8 Å². The van der Waals surface area contributed by atoms with Crippen molar-refractivity contribution in [2.45, 2.75) is 33.2 Å². The minimum atomic E-state index is 0.349. The molecular formula is C10H24N4O. The summed E-state index contributed by atoms with van der Waals surface area (Å²) in [5.74, 6) is 6.55. The minimum absolute atomic E-state index is 0.349. The third-order valence-corrected chi connectivity index (χ3v) is 2.28. The number of methoxy groups -OCH3 is 1. The predicted octanol–water partition coefficient (Wildman–Crippen LogP) is 0.476. The molecule has 4 N–H and O–H groups in total. The molecule has 0 amide bonds. The Bertz CT molecular complexity index is 182. The van der Waals surface area contributed by atoms with Crippen LogP contribution in [0.3, 0.4) is 0 Å². The maximum Gasteiger partial charge on any atom is 0.205 e. The lowest BCUT2D eigenvalue weighted by atomic mass is 10.1. The fourth-order valence-corrected chi connectivity index (χ4v) is 0.915. The molecule has 0 rings (SSSR count). The maximum atomic E-state index is 5.36. The summed E-state index contributed by atoms with van der Waals surface area (Å²) < 4.78 is 4.94. The van der Waals surface area contributed by atoms with Crippen LogP contribution in [0.25, 0.3) is 0 Å². The fraction of sp³-hybridized carbons (Fsp3) is 0.900. The number of ether oxygens (including phenoxy) is 1. The molecule has 1 atom stereocenters. The predicted molar refractivity (Wildman–Crippen MR) is 63.6 cm³/mol. The number of guanidine groups is 1. The molecule has 0 spiro atoms. The van der Waals surface area contributed by atoms with Crippen molar-refractivity contribution in [3.63, 3.8) is 0 Å². The maximum absolute atomic E-state index is 5.36. The van der Waals surface area contributed by atoms with Gasteiger partial charge >= 0.3 is 0 Å². The van der Waals surface area contributed by atoms with Gasteiger partial charge in [-0.2, -0.15) is 0 Å². The van der Waals surface area contributed by atoms with Gasteiger partial charge in [0.25, 0.3) is 0 Å². The zero-order chi connectivity index (χ0) is 11.7. The van der Waals surface area contributed by atoms with E-state index in [0.717, 1.165) is 13.0 Å². The second-order valence-electron chi connectivity index (χ2n) is 3.90. The van der Waals surface area contributed by atoms with Gasteiger partial charge in [0.1, 0.15) is 0 Å². The van der Waals surface area contributed by atoms with Gasteiger partial charge < -0.3 is 10.1 Å². The van der Waals surface area contributed by atoms with E-state index in [4.69, 9.17) is 10.6 Å². The molecule has 0 saturated heterocycles. The molecule has 0 saturated carbocycles. The second-order valence-corrected chi connectivity index (χ2v) is 3.90. The van der Waals surface area contributed by atoms with Gasteiger partial charge in [-0.3, -0.25) is 10.4 Å². The highest BCUT2D eigenvalue weighted by Gasteiger charge is 2.07. The highest BCUT2D eigenvalue weighted by atomic mass is 16.5. The van der Waals surface area contributed by atoms with Gasteiger partial charge in [0.05, 0.1) is 0 Å². The monoisotopic (exact) mass is 216 g/mol. The number of nitrogens with zero attached hydrogens (tertiary/aromatic N) is 1. The number of hydrogen-bond acceptors (Lipinski definition) is 3. The van der Waals surface area contributed by atoms with Crippen molar-refractivity contribution >= 4 is 5.96 Å².